The number of nitrogens with one attached hydrogen (secondary N) is 1. The smallest absolute Gasteiger partial charge is 0.237 e. The summed E-state index contributed by atoms with van der Waals surface area (Å²) in [7, 11) is 0. The van der Waals surface area contributed by atoms with Crippen molar-refractivity contribution in [3.8, 4) is 11.3 Å². The molecule has 142 valence electrons. The Labute approximate surface area is 163 Å². The molecular formula is C20H25N5OS. The number of rotatable bonds is 5. The molecular weight excluding hydrogens is 358 g/mol. The first-order valence-corrected chi connectivity index (χ1v) is 10.2. The summed E-state index contributed by atoms with van der Waals surface area (Å²) in [6, 6.07) is 8.28. The fourth-order valence-electron chi connectivity index (χ4n) is 3.80. The molecule has 0 unspecified atom stereocenters. The summed E-state index contributed by atoms with van der Waals surface area (Å²) >= 11 is 1.62. The van der Waals surface area contributed by atoms with E-state index in [0.717, 1.165) is 21.9 Å². The topological polar surface area (TPSA) is 75.7 Å². The van der Waals surface area contributed by atoms with E-state index in [1.54, 1.807) is 11.3 Å². The van der Waals surface area contributed by atoms with Crippen molar-refractivity contribution < 1.29 is 4.79 Å². The molecule has 1 saturated heterocycles. The van der Waals surface area contributed by atoms with E-state index in [1.807, 2.05) is 12.3 Å². The van der Waals surface area contributed by atoms with Gasteiger partial charge in [-0.05, 0) is 20.3 Å². The summed E-state index contributed by atoms with van der Waals surface area (Å²) in [6.45, 7) is 6.02. The molecule has 27 heavy (non-hydrogen) atoms. The fraction of sp³-hybridized carbons (Fsp3) is 0.400. The number of carbonyl (C=O) groups is 1. The van der Waals surface area contributed by atoms with Crippen LogP contribution in [0.15, 0.2) is 35.8 Å². The third-order valence-electron chi connectivity index (χ3n) is 5.13. The van der Waals surface area contributed by atoms with E-state index in [1.165, 1.54) is 5.56 Å². The summed E-state index contributed by atoms with van der Waals surface area (Å²) in [5, 5.41) is 4.99. The van der Waals surface area contributed by atoms with Crippen LogP contribution in [0.5, 0.6) is 0 Å². The lowest BCUT2D eigenvalue weighted by molar-refractivity contribution is -0.125. The first kappa shape index (κ1) is 18.2. The van der Waals surface area contributed by atoms with Gasteiger partial charge in [0.2, 0.25) is 5.91 Å². The average molecular weight is 384 g/mol. The lowest BCUT2D eigenvalue weighted by atomic mass is 10.1. The van der Waals surface area contributed by atoms with Gasteiger partial charge in [0.25, 0.3) is 0 Å². The molecule has 0 radical (unpaired) electrons. The summed E-state index contributed by atoms with van der Waals surface area (Å²) in [6.07, 6.45) is 2.74. The number of amides is 1. The number of nitrogens with two attached hydrogens (primary N) is 1. The second-order valence-corrected chi connectivity index (χ2v) is 8.04. The maximum atomic E-state index is 12.5. The molecule has 1 aliphatic heterocycles. The Morgan fingerprint density at radius 2 is 2.15 bits per heavy atom. The number of fused-ring (bicyclic) bond motifs is 1. The van der Waals surface area contributed by atoms with Crippen LogP contribution in [0.1, 0.15) is 24.6 Å². The van der Waals surface area contributed by atoms with Crippen molar-refractivity contribution in [2.75, 3.05) is 13.1 Å². The molecule has 0 aliphatic carbocycles. The highest BCUT2D eigenvalue weighted by atomic mass is 32.1. The van der Waals surface area contributed by atoms with Crippen molar-refractivity contribution in [3.63, 3.8) is 0 Å². The van der Waals surface area contributed by atoms with Gasteiger partial charge < -0.3 is 11.1 Å². The Balaban J connectivity index is 1.70. The summed E-state index contributed by atoms with van der Waals surface area (Å²) in [4.78, 5) is 20.5. The quantitative estimate of drug-likeness (QED) is 0.709. The molecule has 6 nitrogen and oxygen atoms in total. The van der Waals surface area contributed by atoms with Crippen LogP contribution in [-0.2, 0) is 11.3 Å². The first-order chi connectivity index (χ1) is 13.1. The highest BCUT2D eigenvalue weighted by Crippen LogP contribution is 2.30. The van der Waals surface area contributed by atoms with Crippen LogP contribution < -0.4 is 11.1 Å². The van der Waals surface area contributed by atoms with Gasteiger partial charge in [-0.25, -0.2) is 4.98 Å². The summed E-state index contributed by atoms with van der Waals surface area (Å²) in [5.41, 5.74) is 10.6. The van der Waals surface area contributed by atoms with Crippen LogP contribution in [0.25, 0.3) is 16.2 Å². The Hall–Kier alpha value is -2.22. The van der Waals surface area contributed by atoms with E-state index in [9.17, 15) is 4.79 Å². The molecule has 1 aromatic carbocycles. The van der Waals surface area contributed by atoms with Crippen LogP contribution >= 0.6 is 11.3 Å². The van der Waals surface area contributed by atoms with Crippen LogP contribution in [-0.4, -0.2) is 45.4 Å². The molecule has 3 heterocycles. The predicted octanol–water partition coefficient (Wildman–Crippen LogP) is 2.41. The SMILES string of the molecule is CCNC(=O)[C@@H]1C[C@@H](N)CN1Cc1c(-c2ccc(C)cc2)nc2sccn12. The van der Waals surface area contributed by atoms with Crippen molar-refractivity contribution in [1.82, 2.24) is 19.6 Å². The molecule has 1 amide bonds. The zero-order valence-electron chi connectivity index (χ0n) is 15.7. The molecule has 3 N–H and O–H groups in total. The fourth-order valence-corrected chi connectivity index (χ4v) is 4.53. The van der Waals surface area contributed by atoms with Crippen molar-refractivity contribution >= 4 is 22.2 Å². The second-order valence-electron chi connectivity index (χ2n) is 7.16. The highest BCUT2D eigenvalue weighted by Gasteiger charge is 2.36. The number of hydrogen-bond donors (Lipinski definition) is 2. The number of hydrogen-bond acceptors (Lipinski definition) is 5. The van der Waals surface area contributed by atoms with Gasteiger partial charge in [0.1, 0.15) is 0 Å². The molecule has 7 heteroatoms. The van der Waals surface area contributed by atoms with Gasteiger partial charge in [0.05, 0.1) is 17.4 Å². The minimum Gasteiger partial charge on any atom is -0.355 e. The highest BCUT2D eigenvalue weighted by molar-refractivity contribution is 7.15. The number of likely N-dealkylation sites (N-methyl/N-ethyl adjacent to an activating group) is 1. The van der Waals surface area contributed by atoms with E-state index < -0.39 is 0 Å². The van der Waals surface area contributed by atoms with Crippen LogP contribution in [0.4, 0.5) is 0 Å². The number of carbonyl (C=O) groups excluding carboxylic acids is 1. The number of thiazole rings is 1. The molecule has 1 fully saturated rings. The second kappa shape index (κ2) is 7.42. The Bertz CT molecular complexity index is 945. The van der Waals surface area contributed by atoms with Gasteiger partial charge in [-0.1, -0.05) is 29.8 Å². The number of nitrogens with zero attached hydrogens (tertiary/aromatic N) is 3. The van der Waals surface area contributed by atoms with Gasteiger partial charge in [0.15, 0.2) is 4.96 Å². The van der Waals surface area contributed by atoms with Crippen LogP contribution in [0.2, 0.25) is 0 Å². The van der Waals surface area contributed by atoms with Crippen molar-refractivity contribution in [1.29, 1.82) is 0 Å². The summed E-state index contributed by atoms with van der Waals surface area (Å²) in [5.74, 6) is 0.0633. The van der Waals surface area contributed by atoms with Gasteiger partial charge >= 0.3 is 0 Å². The third kappa shape index (κ3) is 3.50. The number of likely N-dealkylation sites (tertiary alicyclic amines) is 1. The average Bonchev–Trinajstić information content (AvgIpc) is 3.32. The first-order valence-electron chi connectivity index (χ1n) is 9.35. The zero-order chi connectivity index (χ0) is 19.0. The maximum Gasteiger partial charge on any atom is 0.237 e. The number of benzene rings is 1. The third-order valence-corrected chi connectivity index (χ3v) is 5.88. The number of aromatic nitrogens is 2. The molecule has 2 atom stereocenters. The largest absolute Gasteiger partial charge is 0.355 e. The monoisotopic (exact) mass is 383 g/mol. The molecule has 4 rings (SSSR count). The number of imidazole rings is 1. The van der Waals surface area contributed by atoms with Gasteiger partial charge in [-0.15, -0.1) is 11.3 Å². The van der Waals surface area contributed by atoms with Crippen LogP contribution in [0, 0.1) is 6.92 Å². The van der Waals surface area contributed by atoms with Crippen molar-refractivity contribution in [3.05, 3.63) is 47.1 Å². The molecule has 0 saturated carbocycles. The minimum atomic E-state index is -0.185. The van der Waals surface area contributed by atoms with E-state index in [-0.39, 0.29) is 18.0 Å². The van der Waals surface area contributed by atoms with Crippen LogP contribution in [0.3, 0.4) is 0 Å². The van der Waals surface area contributed by atoms with E-state index in [2.05, 4.69) is 52.0 Å². The van der Waals surface area contributed by atoms with E-state index in [4.69, 9.17) is 10.7 Å². The van der Waals surface area contributed by atoms with Gasteiger partial charge in [-0.2, -0.15) is 0 Å². The molecule has 0 bridgehead atoms. The normalized spacial score (nSPS) is 20.4. The van der Waals surface area contributed by atoms with Gasteiger partial charge in [-0.3, -0.25) is 14.1 Å². The van der Waals surface area contributed by atoms with E-state index >= 15 is 0 Å². The molecule has 0 spiro atoms. The molecule has 3 aromatic rings. The minimum absolute atomic E-state index is 0.0197. The predicted molar refractivity (Wildman–Crippen MR) is 109 cm³/mol. The lowest BCUT2D eigenvalue weighted by Gasteiger charge is -2.23. The van der Waals surface area contributed by atoms with E-state index in [0.29, 0.717) is 26.1 Å². The molecule has 2 aromatic heterocycles. The lowest BCUT2D eigenvalue weighted by Crippen LogP contribution is -2.43. The summed E-state index contributed by atoms with van der Waals surface area (Å²) < 4.78 is 2.14. The molecule has 1 aliphatic rings. The van der Waals surface area contributed by atoms with Crippen molar-refractivity contribution in [2.24, 2.45) is 5.73 Å². The maximum absolute atomic E-state index is 12.5. The standard InChI is InChI=1S/C20H25N5OS/c1-3-22-19(26)16-10-15(21)11-24(16)12-17-18(14-6-4-13(2)5-7-14)23-20-25(17)8-9-27-20/h4-9,15-16H,3,10-12,21H2,1-2H3,(H,22,26)/t15-,16+/m1/s1. The Kier molecular flexibility index (Phi) is 4.99. The Morgan fingerprint density at radius 3 is 2.89 bits per heavy atom. The van der Waals surface area contributed by atoms with Crippen molar-refractivity contribution in [2.45, 2.75) is 38.9 Å². The van der Waals surface area contributed by atoms with Gasteiger partial charge in [0, 0.05) is 42.8 Å². The zero-order valence-corrected chi connectivity index (χ0v) is 16.5. The number of aryl methyl sites for hydroxylation is 1. The Morgan fingerprint density at radius 1 is 1.37 bits per heavy atom.